The third kappa shape index (κ3) is 4.36. The third-order valence-electron chi connectivity index (χ3n) is 6.25. The number of benzene rings is 1. The minimum atomic E-state index is -0.621. The van der Waals surface area contributed by atoms with Crippen LogP contribution in [0.25, 0.3) is 6.08 Å². The highest BCUT2D eigenvalue weighted by Crippen LogP contribution is 2.31. The van der Waals surface area contributed by atoms with Crippen molar-refractivity contribution in [1.82, 2.24) is 14.3 Å². The number of carbonyl (C=O) groups is 1. The van der Waals surface area contributed by atoms with Crippen molar-refractivity contribution in [2.75, 3.05) is 25.6 Å². The minimum absolute atomic E-state index is 0.187. The van der Waals surface area contributed by atoms with Crippen molar-refractivity contribution in [3.05, 3.63) is 77.7 Å². The van der Waals surface area contributed by atoms with E-state index in [-0.39, 0.29) is 12.2 Å². The van der Waals surface area contributed by atoms with E-state index in [0.717, 1.165) is 34.7 Å². The first-order chi connectivity index (χ1) is 16.7. The Morgan fingerprint density at radius 3 is 2.43 bits per heavy atom. The molecule has 9 heteroatoms. The lowest BCUT2D eigenvalue weighted by Crippen LogP contribution is -2.40. The van der Waals surface area contributed by atoms with E-state index in [1.165, 1.54) is 11.3 Å². The second-order valence-corrected chi connectivity index (χ2v) is 9.70. The van der Waals surface area contributed by atoms with Crippen LogP contribution in [0.1, 0.15) is 49.3 Å². The van der Waals surface area contributed by atoms with E-state index < -0.39 is 12.0 Å². The molecule has 8 nitrogen and oxygen atoms in total. The Kier molecular flexibility index (Phi) is 6.80. The second kappa shape index (κ2) is 9.65. The van der Waals surface area contributed by atoms with Crippen LogP contribution >= 0.6 is 11.3 Å². The van der Waals surface area contributed by atoms with E-state index in [9.17, 15) is 9.59 Å². The summed E-state index contributed by atoms with van der Waals surface area (Å²) in [7, 11) is 3.94. The van der Waals surface area contributed by atoms with Gasteiger partial charge < -0.3 is 9.64 Å². The van der Waals surface area contributed by atoms with Crippen LogP contribution in [-0.2, 0) is 16.1 Å². The number of fused-ring (bicyclic) bond motifs is 1. The second-order valence-electron chi connectivity index (χ2n) is 8.69. The molecule has 0 saturated heterocycles. The van der Waals surface area contributed by atoms with E-state index >= 15 is 0 Å². The highest BCUT2D eigenvalue weighted by Gasteiger charge is 2.33. The Hall–Kier alpha value is -3.46. The lowest BCUT2D eigenvalue weighted by Gasteiger charge is -2.25. The van der Waals surface area contributed by atoms with Gasteiger partial charge >= 0.3 is 5.97 Å². The van der Waals surface area contributed by atoms with Crippen molar-refractivity contribution in [1.29, 1.82) is 0 Å². The fourth-order valence-corrected chi connectivity index (χ4v) is 5.45. The molecule has 0 aliphatic carbocycles. The number of allylic oxidation sites excluding steroid dienone is 1. The molecule has 0 amide bonds. The first kappa shape index (κ1) is 24.7. The molecule has 0 bridgehead atoms. The van der Waals surface area contributed by atoms with E-state index in [0.29, 0.717) is 20.6 Å². The number of thiazole rings is 1. The standard InChI is InChI=1S/C26H31N5O3S/c1-8-30-17(5)20(15(3)28-30)14-21-24(32)31-23(18-10-12-19(13-11-18)29(6)7)22(25(33)34-9-2)16(4)27-26(31)35-21/h10-14,23H,8-9H2,1-7H3/b21-14-. The zero-order valence-electron chi connectivity index (χ0n) is 21.2. The number of aromatic nitrogens is 3. The summed E-state index contributed by atoms with van der Waals surface area (Å²) in [6, 6.07) is 7.25. The summed E-state index contributed by atoms with van der Waals surface area (Å²) in [6.45, 7) is 10.6. The van der Waals surface area contributed by atoms with Gasteiger partial charge in [-0.1, -0.05) is 23.5 Å². The van der Waals surface area contributed by atoms with Gasteiger partial charge in [-0.05, 0) is 58.4 Å². The summed E-state index contributed by atoms with van der Waals surface area (Å²) in [4.78, 5) is 34.0. The lowest BCUT2D eigenvalue weighted by atomic mass is 9.95. The topological polar surface area (TPSA) is 81.7 Å². The summed E-state index contributed by atoms with van der Waals surface area (Å²) < 4.78 is 9.47. The average molecular weight is 494 g/mol. The molecule has 184 valence electrons. The minimum Gasteiger partial charge on any atom is -0.463 e. The highest BCUT2D eigenvalue weighted by molar-refractivity contribution is 7.07. The predicted molar refractivity (Wildman–Crippen MR) is 139 cm³/mol. The highest BCUT2D eigenvalue weighted by atomic mass is 32.1. The van der Waals surface area contributed by atoms with Crippen LogP contribution in [-0.4, -0.2) is 41.0 Å². The molecule has 0 spiro atoms. The molecule has 1 aliphatic heterocycles. The summed E-state index contributed by atoms with van der Waals surface area (Å²) >= 11 is 1.33. The summed E-state index contributed by atoms with van der Waals surface area (Å²) in [5, 5.41) is 4.57. The number of hydrogen-bond donors (Lipinski definition) is 0. The molecular weight excluding hydrogens is 462 g/mol. The molecule has 1 atom stereocenters. The molecule has 3 heterocycles. The maximum absolute atomic E-state index is 13.8. The zero-order valence-corrected chi connectivity index (χ0v) is 22.1. The van der Waals surface area contributed by atoms with Crippen LogP contribution in [0.4, 0.5) is 5.69 Å². The van der Waals surface area contributed by atoms with Gasteiger partial charge in [0.05, 0.1) is 34.1 Å². The fourth-order valence-electron chi connectivity index (χ4n) is 4.42. The van der Waals surface area contributed by atoms with Crippen molar-refractivity contribution in [3.63, 3.8) is 0 Å². The van der Waals surface area contributed by atoms with Gasteiger partial charge in [-0.25, -0.2) is 9.79 Å². The molecule has 0 N–H and O–H groups in total. The molecule has 3 aromatic rings. The molecule has 1 unspecified atom stereocenters. The number of hydrogen-bond acceptors (Lipinski definition) is 7. The van der Waals surface area contributed by atoms with Crippen LogP contribution < -0.4 is 19.8 Å². The molecule has 2 aromatic heterocycles. The summed E-state index contributed by atoms with van der Waals surface area (Å²) in [5.41, 5.74) is 5.42. The zero-order chi connectivity index (χ0) is 25.4. The quantitative estimate of drug-likeness (QED) is 0.493. The Morgan fingerprint density at radius 2 is 1.86 bits per heavy atom. The normalized spacial score (nSPS) is 15.7. The maximum atomic E-state index is 13.8. The fraction of sp³-hybridized carbons (Fsp3) is 0.385. The van der Waals surface area contributed by atoms with Crippen molar-refractivity contribution in [3.8, 4) is 0 Å². The molecule has 0 saturated carbocycles. The third-order valence-corrected chi connectivity index (χ3v) is 7.24. The van der Waals surface area contributed by atoms with Gasteiger partial charge in [-0.15, -0.1) is 0 Å². The Labute approximate surface area is 208 Å². The van der Waals surface area contributed by atoms with Crippen LogP contribution in [0.15, 0.2) is 45.3 Å². The Balaban J connectivity index is 1.95. The first-order valence-electron chi connectivity index (χ1n) is 11.7. The molecule has 0 fully saturated rings. The summed E-state index contributed by atoms with van der Waals surface area (Å²) in [6.07, 6.45) is 1.89. The van der Waals surface area contributed by atoms with Gasteiger partial charge in [0, 0.05) is 37.6 Å². The first-order valence-corrected chi connectivity index (χ1v) is 12.5. The molecular formula is C26H31N5O3S. The summed E-state index contributed by atoms with van der Waals surface area (Å²) in [5.74, 6) is -0.458. The van der Waals surface area contributed by atoms with E-state index in [1.54, 1.807) is 18.4 Å². The van der Waals surface area contributed by atoms with Crippen molar-refractivity contribution >= 4 is 29.1 Å². The molecule has 4 rings (SSSR count). The Morgan fingerprint density at radius 1 is 1.17 bits per heavy atom. The van der Waals surface area contributed by atoms with Gasteiger partial charge in [0.1, 0.15) is 0 Å². The SMILES string of the molecule is CCOC(=O)C1=C(C)N=c2s/c(=C\c3c(C)nn(CC)c3C)c(=O)n2C1c1ccc(N(C)C)cc1. The molecule has 0 radical (unpaired) electrons. The lowest BCUT2D eigenvalue weighted by molar-refractivity contribution is -0.139. The number of rotatable bonds is 6. The van der Waals surface area contributed by atoms with Crippen molar-refractivity contribution < 1.29 is 9.53 Å². The van der Waals surface area contributed by atoms with Crippen molar-refractivity contribution in [2.45, 2.75) is 47.2 Å². The number of esters is 1. The molecule has 1 aromatic carbocycles. The van der Waals surface area contributed by atoms with E-state index in [1.807, 2.05) is 74.8 Å². The molecule has 1 aliphatic rings. The van der Waals surface area contributed by atoms with Crippen LogP contribution in [0.3, 0.4) is 0 Å². The van der Waals surface area contributed by atoms with Gasteiger partial charge in [0.2, 0.25) is 0 Å². The number of carbonyl (C=O) groups excluding carboxylic acids is 1. The Bertz CT molecular complexity index is 1490. The van der Waals surface area contributed by atoms with Gasteiger partial charge in [0.25, 0.3) is 5.56 Å². The van der Waals surface area contributed by atoms with E-state index in [2.05, 4.69) is 10.1 Å². The average Bonchev–Trinajstić information content (AvgIpc) is 3.28. The van der Waals surface area contributed by atoms with Crippen molar-refractivity contribution in [2.24, 2.45) is 4.99 Å². The van der Waals surface area contributed by atoms with Gasteiger partial charge in [0.15, 0.2) is 4.80 Å². The van der Waals surface area contributed by atoms with Gasteiger partial charge in [-0.3, -0.25) is 14.0 Å². The number of anilines is 1. The van der Waals surface area contributed by atoms with Crippen LogP contribution in [0.2, 0.25) is 0 Å². The van der Waals surface area contributed by atoms with E-state index in [4.69, 9.17) is 4.74 Å². The maximum Gasteiger partial charge on any atom is 0.338 e. The largest absolute Gasteiger partial charge is 0.463 e. The van der Waals surface area contributed by atoms with Gasteiger partial charge in [-0.2, -0.15) is 5.10 Å². The van der Waals surface area contributed by atoms with Crippen LogP contribution in [0, 0.1) is 13.8 Å². The number of nitrogens with zero attached hydrogens (tertiary/aromatic N) is 5. The monoisotopic (exact) mass is 493 g/mol. The van der Waals surface area contributed by atoms with Crippen LogP contribution in [0.5, 0.6) is 0 Å². The number of aryl methyl sites for hydroxylation is 2. The number of ether oxygens (including phenoxy) is 1. The molecule has 35 heavy (non-hydrogen) atoms. The smallest absolute Gasteiger partial charge is 0.338 e. The predicted octanol–water partition coefficient (Wildman–Crippen LogP) is 2.70.